The van der Waals surface area contributed by atoms with E-state index in [1.165, 1.54) is 4.90 Å². The second-order valence-electron chi connectivity index (χ2n) is 3.34. The van der Waals surface area contributed by atoms with E-state index < -0.39 is 12.1 Å². The van der Waals surface area contributed by atoms with Gasteiger partial charge in [0.05, 0.1) is 19.8 Å². The summed E-state index contributed by atoms with van der Waals surface area (Å²) in [6, 6.07) is -0.911. The van der Waals surface area contributed by atoms with E-state index >= 15 is 0 Å². The van der Waals surface area contributed by atoms with Gasteiger partial charge in [-0.05, 0) is 6.42 Å². The Morgan fingerprint density at radius 1 is 1.20 bits per heavy atom. The van der Waals surface area contributed by atoms with Crippen LogP contribution in [-0.2, 0) is 4.79 Å². The van der Waals surface area contributed by atoms with E-state index in [2.05, 4.69) is 0 Å². The SMILES string of the molecule is CCC1C(=O)N(CCO)C(=O)N1CCO. The van der Waals surface area contributed by atoms with Crippen LogP contribution in [0.4, 0.5) is 4.79 Å². The van der Waals surface area contributed by atoms with Crippen LogP contribution in [0.5, 0.6) is 0 Å². The monoisotopic (exact) mass is 216 g/mol. The largest absolute Gasteiger partial charge is 0.395 e. The van der Waals surface area contributed by atoms with Crippen molar-refractivity contribution < 1.29 is 19.8 Å². The van der Waals surface area contributed by atoms with Crippen LogP contribution in [0.15, 0.2) is 0 Å². The van der Waals surface area contributed by atoms with E-state index in [0.717, 1.165) is 4.90 Å². The van der Waals surface area contributed by atoms with Gasteiger partial charge in [-0.15, -0.1) is 0 Å². The Kier molecular flexibility index (Phi) is 4.05. The van der Waals surface area contributed by atoms with Crippen LogP contribution in [-0.4, -0.2) is 64.3 Å². The molecule has 0 aromatic heterocycles. The first kappa shape index (κ1) is 11.9. The molecule has 1 rings (SSSR count). The summed E-state index contributed by atoms with van der Waals surface area (Å²) >= 11 is 0. The van der Waals surface area contributed by atoms with Crippen molar-refractivity contribution in [2.75, 3.05) is 26.3 Å². The number of aliphatic hydroxyl groups is 2. The lowest BCUT2D eigenvalue weighted by atomic mass is 10.2. The summed E-state index contributed by atoms with van der Waals surface area (Å²) in [6.45, 7) is 1.59. The molecule has 0 radical (unpaired) electrons. The highest BCUT2D eigenvalue weighted by Crippen LogP contribution is 2.19. The van der Waals surface area contributed by atoms with Crippen molar-refractivity contribution >= 4 is 11.9 Å². The molecule has 0 saturated carbocycles. The third kappa shape index (κ3) is 2.10. The van der Waals surface area contributed by atoms with Gasteiger partial charge in [-0.25, -0.2) is 4.79 Å². The molecule has 0 aromatic carbocycles. The van der Waals surface area contributed by atoms with Gasteiger partial charge in [0.25, 0.3) is 5.91 Å². The van der Waals surface area contributed by atoms with Crippen molar-refractivity contribution in [3.05, 3.63) is 0 Å². The maximum absolute atomic E-state index is 11.7. The molecule has 1 aliphatic rings. The summed E-state index contributed by atoms with van der Waals surface area (Å²) in [7, 11) is 0. The molecule has 1 saturated heterocycles. The van der Waals surface area contributed by atoms with E-state index in [0.29, 0.717) is 6.42 Å². The minimum Gasteiger partial charge on any atom is -0.395 e. The maximum Gasteiger partial charge on any atom is 0.327 e. The summed E-state index contributed by atoms with van der Waals surface area (Å²) in [6.07, 6.45) is 0.520. The van der Waals surface area contributed by atoms with Crippen LogP contribution in [0.3, 0.4) is 0 Å². The number of carbonyl (C=O) groups is 2. The Bertz CT molecular complexity index is 256. The van der Waals surface area contributed by atoms with Gasteiger partial charge < -0.3 is 15.1 Å². The Balaban J connectivity index is 2.80. The maximum atomic E-state index is 11.7. The van der Waals surface area contributed by atoms with E-state index in [9.17, 15) is 9.59 Å². The number of β-amino-alcohol motifs (C(OH)–C–C–N with tert-alkyl or cyclic N) is 2. The topological polar surface area (TPSA) is 81.1 Å². The molecule has 2 N–H and O–H groups in total. The van der Waals surface area contributed by atoms with Gasteiger partial charge in [0.1, 0.15) is 6.04 Å². The zero-order chi connectivity index (χ0) is 11.4. The summed E-state index contributed by atoms with van der Waals surface area (Å²) < 4.78 is 0. The third-order valence-corrected chi connectivity index (χ3v) is 2.46. The van der Waals surface area contributed by atoms with E-state index in [1.54, 1.807) is 0 Å². The van der Waals surface area contributed by atoms with Gasteiger partial charge in [0.15, 0.2) is 0 Å². The van der Waals surface area contributed by atoms with Crippen molar-refractivity contribution in [3.63, 3.8) is 0 Å². The summed E-state index contributed by atoms with van der Waals surface area (Å²) in [5.74, 6) is -0.287. The summed E-state index contributed by atoms with van der Waals surface area (Å²) in [5.41, 5.74) is 0. The van der Waals surface area contributed by atoms with Crippen LogP contribution in [0, 0.1) is 0 Å². The smallest absolute Gasteiger partial charge is 0.327 e. The average Bonchev–Trinajstić information content (AvgIpc) is 2.44. The van der Waals surface area contributed by atoms with Crippen LogP contribution in [0.25, 0.3) is 0 Å². The van der Waals surface area contributed by atoms with Crippen LogP contribution in [0.1, 0.15) is 13.3 Å². The zero-order valence-corrected chi connectivity index (χ0v) is 8.72. The predicted molar refractivity (Wildman–Crippen MR) is 52.1 cm³/mol. The van der Waals surface area contributed by atoms with Crippen molar-refractivity contribution in [1.82, 2.24) is 9.80 Å². The van der Waals surface area contributed by atoms with Gasteiger partial charge >= 0.3 is 6.03 Å². The van der Waals surface area contributed by atoms with E-state index in [4.69, 9.17) is 10.2 Å². The molecule has 1 unspecified atom stereocenters. The van der Waals surface area contributed by atoms with Gasteiger partial charge in [-0.2, -0.15) is 0 Å². The first-order chi connectivity index (χ1) is 7.17. The first-order valence-corrected chi connectivity index (χ1v) is 5.01. The van der Waals surface area contributed by atoms with Gasteiger partial charge in [-0.1, -0.05) is 6.92 Å². The molecule has 6 heteroatoms. The lowest BCUT2D eigenvalue weighted by molar-refractivity contribution is -0.128. The van der Waals surface area contributed by atoms with Gasteiger partial charge in [0.2, 0.25) is 0 Å². The van der Waals surface area contributed by atoms with Crippen LogP contribution < -0.4 is 0 Å². The minimum absolute atomic E-state index is 0.0239. The molecule has 0 aliphatic carbocycles. The molecule has 0 spiro atoms. The number of rotatable bonds is 5. The summed E-state index contributed by atoms with van der Waals surface area (Å²) in [5, 5.41) is 17.5. The predicted octanol–water partition coefficient (Wildman–Crippen LogP) is -0.986. The zero-order valence-electron chi connectivity index (χ0n) is 8.72. The van der Waals surface area contributed by atoms with Crippen molar-refractivity contribution in [3.8, 4) is 0 Å². The highest BCUT2D eigenvalue weighted by atomic mass is 16.3. The highest BCUT2D eigenvalue weighted by Gasteiger charge is 2.43. The highest BCUT2D eigenvalue weighted by molar-refractivity contribution is 6.04. The van der Waals surface area contributed by atoms with Crippen LogP contribution in [0.2, 0.25) is 0 Å². The number of amides is 3. The standard InChI is InChI=1S/C9H16N2O4/c1-2-7-8(14)11(4-6-13)9(15)10(7)3-5-12/h7,12-13H,2-6H2,1H3. The number of imide groups is 1. The third-order valence-electron chi connectivity index (χ3n) is 2.46. The molecule has 3 amide bonds. The molecule has 86 valence electrons. The Morgan fingerprint density at radius 2 is 1.80 bits per heavy atom. The summed E-state index contributed by atoms with van der Waals surface area (Å²) in [4.78, 5) is 25.7. The molecule has 6 nitrogen and oxygen atoms in total. The van der Waals surface area contributed by atoms with Crippen molar-refractivity contribution in [2.45, 2.75) is 19.4 Å². The average molecular weight is 216 g/mol. The normalized spacial score (nSPS) is 21.7. The molecule has 0 aromatic rings. The first-order valence-electron chi connectivity index (χ1n) is 5.01. The van der Waals surface area contributed by atoms with Gasteiger partial charge in [0, 0.05) is 6.54 Å². The Hall–Kier alpha value is -1.14. The molecule has 1 atom stereocenters. The molecule has 1 aliphatic heterocycles. The Morgan fingerprint density at radius 3 is 2.27 bits per heavy atom. The second kappa shape index (κ2) is 5.09. The number of aliphatic hydroxyl groups excluding tert-OH is 2. The minimum atomic E-state index is -0.490. The Labute approximate surface area is 88.1 Å². The van der Waals surface area contributed by atoms with Crippen molar-refractivity contribution in [1.29, 1.82) is 0 Å². The number of urea groups is 1. The lowest BCUT2D eigenvalue weighted by Gasteiger charge is -2.19. The molecular weight excluding hydrogens is 200 g/mol. The lowest BCUT2D eigenvalue weighted by Crippen LogP contribution is -2.37. The van der Waals surface area contributed by atoms with Crippen molar-refractivity contribution in [2.24, 2.45) is 0 Å². The number of hydrogen-bond acceptors (Lipinski definition) is 4. The molecule has 15 heavy (non-hydrogen) atoms. The number of carbonyl (C=O) groups excluding carboxylic acids is 2. The fourth-order valence-electron chi connectivity index (χ4n) is 1.76. The number of nitrogens with zero attached hydrogens (tertiary/aromatic N) is 2. The quantitative estimate of drug-likeness (QED) is 0.578. The van der Waals surface area contributed by atoms with Crippen LogP contribution >= 0.6 is 0 Å². The van der Waals surface area contributed by atoms with E-state index in [1.807, 2.05) is 6.92 Å². The molecule has 0 bridgehead atoms. The molecule has 1 fully saturated rings. The van der Waals surface area contributed by atoms with Gasteiger partial charge in [-0.3, -0.25) is 9.69 Å². The fraction of sp³-hybridized carbons (Fsp3) is 0.778. The number of hydrogen-bond donors (Lipinski definition) is 2. The molecular formula is C9H16N2O4. The second-order valence-corrected chi connectivity index (χ2v) is 3.34. The fourth-order valence-corrected chi connectivity index (χ4v) is 1.76. The molecule has 1 heterocycles. The van der Waals surface area contributed by atoms with E-state index in [-0.39, 0.29) is 32.2 Å².